The van der Waals surface area contributed by atoms with Crippen LogP contribution in [0, 0.1) is 0 Å². The molecule has 0 spiro atoms. The van der Waals surface area contributed by atoms with E-state index >= 15 is 0 Å². The largest absolute Gasteiger partial charge is 0.481 e. The second kappa shape index (κ2) is 35.3. The van der Waals surface area contributed by atoms with E-state index in [4.69, 9.17) is 15.3 Å². The van der Waals surface area contributed by atoms with Crippen molar-refractivity contribution in [3.05, 3.63) is 0 Å². The van der Waals surface area contributed by atoms with Crippen molar-refractivity contribution in [3.63, 3.8) is 0 Å². The lowest BCUT2D eigenvalue weighted by molar-refractivity contribution is -0.142. The summed E-state index contributed by atoms with van der Waals surface area (Å²) in [5.74, 6) is -3.42. The van der Waals surface area contributed by atoms with Crippen LogP contribution in [0.1, 0.15) is 149 Å². The number of aldehydes is 1. The van der Waals surface area contributed by atoms with Gasteiger partial charge in [-0.15, -0.1) is 12.6 Å². The van der Waals surface area contributed by atoms with Gasteiger partial charge in [0, 0.05) is 25.7 Å². The molecule has 48 heavy (non-hydrogen) atoms. The zero-order chi connectivity index (χ0) is 37.2. The predicted molar refractivity (Wildman–Crippen MR) is 189 cm³/mol. The summed E-state index contributed by atoms with van der Waals surface area (Å²) in [5.41, 5.74) is 0. The van der Waals surface area contributed by atoms with Crippen molar-refractivity contribution in [3.8, 4) is 0 Å². The molecule has 2 amide bonds. The molecule has 0 aromatic rings. The van der Waals surface area contributed by atoms with E-state index < -0.39 is 41.1 Å². The van der Waals surface area contributed by atoms with Gasteiger partial charge in [0.1, 0.15) is 18.4 Å². The van der Waals surface area contributed by atoms with Crippen LogP contribution in [0.5, 0.6) is 0 Å². The van der Waals surface area contributed by atoms with Gasteiger partial charge in [-0.1, -0.05) is 90.9 Å². The Hall–Kier alpha value is -3.00. The normalized spacial score (nSPS) is 12.1. The Bertz CT molecular complexity index is 904. The SMILES string of the molecule is CC.CN[C@@H](CCC(=O)NC(C)C(=O)S)C(=O)O.O=CCCC(NC(=O)CCCCCCCCCCCCCCCCC(=O)O)C(=O)O. The van der Waals surface area contributed by atoms with Gasteiger partial charge >= 0.3 is 17.9 Å². The Kier molecular flexibility index (Phi) is 36.3. The van der Waals surface area contributed by atoms with Crippen molar-refractivity contribution < 1.29 is 48.9 Å². The quantitative estimate of drug-likeness (QED) is 0.0301. The Balaban J connectivity index is -0.000000946. The van der Waals surface area contributed by atoms with E-state index in [1.807, 2.05) is 13.8 Å². The second-order valence-corrected chi connectivity index (χ2v) is 11.8. The van der Waals surface area contributed by atoms with E-state index in [1.54, 1.807) is 0 Å². The molecular weight excluding hydrogens is 642 g/mol. The van der Waals surface area contributed by atoms with Crippen molar-refractivity contribution in [1.82, 2.24) is 16.0 Å². The maximum absolute atomic E-state index is 11.8. The van der Waals surface area contributed by atoms with Crippen LogP contribution < -0.4 is 16.0 Å². The Morgan fingerprint density at radius 2 is 1.00 bits per heavy atom. The molecule has 0 aliphatic rings. The van der Waals surface area contributed by atoms with Crippen LogP contribution in [0.4, 0.5) is 0 Å². The van der Waals surface area contributed by atoms with Crippen LogP contribution in [-0.4, -0.2) is 81.6 Å². The van der Waals surface area contributed by atoms with Gasteiger partial charge in [0.25, 0.3) is 0 Å². The molecule has 0 aliphatic heterocycles. The van der Waals surface area contributed by atoms with Gasteiger partial charge in [-0.2, -0.15) is 0 Å². The van der Waals surface area contributed by atoms with E-state index in [1.165, 1.54) is 65.3 Å². The number of carboxylic acid groups (broad SMARTS) is 3. The summed E-state index contributed by atoms with van der Waals surface area (Å²) < 4.78 is 0. The molecular formula is C34H63N3O10S. The minimum Gasteiger partial charge on any atom is -0.481 e. The fraction of sp³-hybridized carbons (Fsp3) is 0.794. The molecule has 0 bridgehead atoms. The van der Waals surface area contributed by atoms with Gasteiger partial charge < -0.3 is 36.1 Å². The summed E-state index contributed by atoms with van der Waals surface area (Å²) in [4.78, 5) is 76.2. The molecule has 14 heteroatoms. The minimum absolute atomic E-state index is 0.0448. The Morgan fingerprint density at radius 1 is 0.604 bits per heavy atom. The molecule has 3 atom stereocenters. The summed E-state index contributed by atoms with van der Waals surface area (Å²) >= 11 is 3.57. The highest BCUT2D eigenvalue weighted by Crippen LogP contribution is 2.14. The molecule has 280 valence electrons. The van der Waals surface area contributed by atoms with Gasteiger partial charge in [0.2, 0.25) is 16.9 Å². The fourth-order valence-electron chi connectivity index (χ4n) is 4.48. The highest BCUT2D eigenvalue weighted by molar-refractivity contribution is 7.96. The first-order valence-corrected chi connectivity index (χ1v) is 17.9. The van der Waals surface area contributed by atoms with E-state index in [0.29, 0.717) is 19.1 Å². The Labute approximate surface area is 292 Å². The van der Waals surface area contributed by atoms with Crippen LogP contribution in [0.3, 0.4) is 0 Å². The lowest BCUT2D eigenvalue weighted by atomic mass is 10.0. The van der Waals surface area contributed by atoms with Crippen molar-refractivity contribution in [1.29, 1.82) is 0 Å². The smallest absolute Gasteiger partial charge is 0.326 e. The van der Waals surface area contributed by atoms with Crippen LogP contribution in [0.2, 0.25) is 0 Å². The Morgan fingerprint density at radius 3 is 1.35 bits per heavy atom. The van der Waals surface area contributed by atoms with Crippen molar-refractivity contribution in [2.75, 3.05) is 7.05 Å². The lowest BCUT2D eigenvalue weighted by Crippen LogP contribution is -2.40. The van der Waals surface area contributed by atoms with Gasteiger partial charge in [-0.25, -0.2) is 4.79 Å². The van der Waals surface area contributed by atoms with Gasteiger partial charge in [0.05, 0.1) is 6.04 Å². The molecule has 0 fully saturated rings. The van der Waals surface area contributed by atoms with Crippen LogP contribution in [0.25, 0.3) is 0 Å². The number of likely N-dealkylation sites (N-methyl/N-ethyl adjacent to an activating group) is 1. The summed E-state index contributed by atoms with van der Waals surface area (Å²) in [6.45, 7) is 5.51. The summed E-state index contributed by atoms with van der Waals surface area (Å²) in [5, 5.41) is 33.3. The number of unbranched alkanes of at least 4 members (excludes halogenated alkanes) is 13. The molecule has 0 aromatic heterocycles. The van der Waals surface area contributed by atoms with Crippen molar-refractivity contribution >= 4 is 53.8 Å². The molecule has 0 rings (SSSR count). The average molecular weight is 706 g/mol. The highest BCUT2D eigenvalue weighted by Gasteiger charge is 2.19. The zero-order valence-corrected chi connectivity index (χ0v) is 30.5. The van der Waals surface area contributed by atoms with E-state index in [9.17, 15) is 33.6 Å². The van der Waals surface area contributed by atoms with Crippen LogP contribution in [-0.2, 0) is 33.6 Å². The second-order valence-electron chi connectivity index (χ2n) is 11.4. The molecule has 0 radical (unpaired) electrons. The van der Waals surface area contributed by atoms with Gasteiger partial charge in [-0.3, -0.25) is 24.0 Å². The van der Waals surface area contributed by atoms with E-state index in [-0.39, 0.29) is 37.5 Å². The summed E-state index contributed by atoms with van der Waals surface area (Å²) in [6, 6.07) is -2.39. The van der Waals surface area contributed by atoms with Crippen LogP contribution >= 0.6 is 12.6 Å². The van der Waals surface area contributed by atoms with Gasteiger partial charge in [0.15, 0.2) is 0 Å². The number of hydrogen-bond donors (Lipinski definition) is 7. The standard InChI is InChI=1S/C23H41NO6.C9H16N2O4S.C2H6/c25-19-15-16-20(23(29)30)24-21(26)17-13-11-9-7-5-3-1-2-4-6-8-10-12-14-18-22(27)28;1-5(9(15)16)11-7(12)4-3-6(10-2)8(13)14;1-2/h19-20H,1-18H2,(H,24,26)(H,27,28)(H,29,30);5-6,10H,3-4H2,1-2H3,(H,11,12)(H,13,14)(H,15,16);1-2H3/t;5?,6-;/m.0./s1. The third-order valence-electron chi connectivity index (χ3n) is 7.31. The van der Waals surface area contributed by atoms with E-state index in [2.05, 4.69) is 28.6 Å². The molecule has 0 aromatic carbocycles. The highest BCUT2D eigenvalue weighted by atomic mass is 32.1. The molecule has 0 heterocycles. The zero-order valence-electron chi connectivity index (χ0n) is 29.6. The first kappa shape index (κ1) is 49.4. The number of carbonyl (C=O) groups is 7. The summed E-state index contributed by atoms with van der Waals surface area (Å²) in [6.07, 6.45) is 17.4. The van der Waals surface area contributed by atoms with Gasteiger partial charge in [-0.05, 0) is 39.7 Å². The topological polar surface area (TPSA) is 216 Å². The van der Waals surface area contributed by atoms with Crippen molar-refractivity contribution in [2.45, 2.75) is 167 Å². The van der Waals surface area contributed by atoms with E-state index in [0.717, 1.165) is 38.5 Å². The molecule has 2 unspecified atom stereocenters. The number of carbonyl (C=O) groups excluding carboxylic acids is 4. The predicted octanol–water partition coefficient (Wildman–Crippen LogP) is 5.29. The monoisotopic (exact) mass is 705 g/mol. The molecule has 13 nitrogen and oxygen atoms in total. The minimum atomic E-state index is -1.10. The summed E-state index contributed by atoms with van der Waals surface area (Å²) in [7, 11) is 1.51. The number of rotatable bonds is 29. The fourth-order valence-corrected chi connectivity index (χ4v) is 4.55. The average Bonchev–Trinajstić information content (AvgIpc) is 3.03. The molecule has 6 N–H and O–H groups in total. The maximum atomic E-state index is 11.8. The third kappa shape index (κ3) is 34.3. The number of aliphatic carboxylic acids is 3. The van der Waals surface area contributed by atoms with Crippen LogP contribution in [0.15, 0.2) is 0 Å². The maximum Gasteiger partial charge on any atom is 0.326 e. The number of thiol groups is 1. The molecule has 0 saturated heterocycles. The number of nitrogens with one attached hydrogen (secondary N) is 3. The number of amides is 2. The third-order valence-corrected chi connectivity index (χ3v) is 7.69. The molecule has 0 saturated carbocycles. The molecule has 0 aliphatic carbocycles. The lowest BCUT2D eigenvalue weighted by Gasteiger charge is -2.13. The number of hydrogen-bond acceptors (Lipinski definition) is 8. The van der Waals surface area contributed by atoms with Crippen molar-refractivity contribution in [2.24, 2.45) is 0 Å². The first-order chi connectivity index (χ1) is 22.8. The first-order valence-electron chi connectivity index (χ1n) is 17.4. The number of carboxylic acids is 3.